The molecule has 0 aromatic heterocycles. The van der Waals surface area contributed by atoms with Crippen LogP contribution in [0.5, 0.6) is 0 Å². The molecule has 0 saturated heterocycles. The quantitative estimate of drug-likeness (QED) is 0.822. The first-order valence-corrected chi connectivity index (χ1v) is 10.2. The molecule has 2 amide bonds. The molecular formula is C22H26N2O2S. The van der Waals surface area contributed by atoms with Gasteiger partial charge in [0, 0.05) is 35.2 Å². The van der Waals surface area contributed by atoms with Crippen LogP contribution in [0.1, 0.15) is 36.5 Å². The summed E-state index contributed by atoms with van der Waals surface area (Å²) in [4.78, 5) is 28.1. The molecule has 5 heteroatoms. The second kappa shape index (κ2) is 8.17. The number of nitrogens with zero attached hydrogens (tertiary/aromatic N) is 1. The van der Waals surface area contributed by atoms with Gasteiger partial charge in [-0.2, -0.15) is 0 Å². The molecule has 0 radical (unpaired) electrons. The molecule has 0 saturated carbocycles. The summed E-state index contributed by atoms with van der Waals surface area (Å²) in [5, 5.41) is 3.32. The van der Waals surface area contributed by atoms with Gasteiger partial charge in [-0.15, -0.1) is 11.8 Å². The van der Waals surface area contributed by atoms with E-state index in [1.165, 1.54) is 5.56 Å². The van der Waals surface area contributed by atoms with E-state index in [9.17, 15) is 9.59 Å². The fourth-order valence-corrected chi connectivity index (χ4v) is 4.67. The lowest BCUT2D eigenvalue weighted by molar-refractivity contribution is -0.122. The van der Waals surface area contributed by atoms with Gasteiger partial charge in [-0.1, -0.05) is 36.8 Å². The normalized spacial score (nSPS) is 16.0. The number of benzene rings is 2. The van der Waals surface area contributed by atoms with Gasteiger partial charge in [-0.3, -0.25) is 9.59 Å². The van der Waals surface area contributed by atoms with Crippen LogP contribution in [0.25, 0.3) is 0 Å². The lowest BCUT2D eigenvalue weighted by Crippen LogP contribution is -2.38. The average molecular weight is 383 g/mol. The van der Waals surface area contributed by atoms with E-state index in [-0.39, 0.29) is 24.7 Å². The predicted molar refractivity (Wildman–Crippen MR) is 113 cm³/mol. The summed E-state index contributed by atoms with van der Waals surface area (Å²) in [7, 11) is 0. The van der Waals surface area contributed by atoms with Crippen molar-refractivity contribution >= 4 is 35.0 Å². The molecule has 1 aliphatic heterocycles. The van der Waals surface area contributed by atoms with Crippen molar-refractivity contribution in [2.75, 3.05) is 16.8 Å². The Labute approximate surface area is 165 Å². The van der Waals surface area contributed by atoms with E-state index >= 15 is 0 Å². The van der Waals surface area contributed by atoms with E-state index in [1.807, 2.05) is 49.9 Å². The number of aryl methyl sites for hydroxylation is 3. The number of rotatable bonds is 4. The number of fused-ring (bicyclic) bond motifs is 1. The van der Waals surface area contributed by atoms with Crippen LogP contribution in [-0.2, 0) is 9.59 Å². The van der Waals surface area contributed by atoms with E-state index in [1.54, 1.807) is 11.8 Å². The molecule has 4 nitrogen and oxygen atoms in total. The van der Waals surface area contributed by atoms with Gasteiger partial charge in [-0.25, -0.2) is 0 Å². The molecule has 2 aromatic carbocycles. The SMILES string of the molecule is Cc1cc(C)c(NC(=O)CCC(=O)N2CC(C)Sc3ccccc32)c(C)c1. The number of nitrogens with one attached hydrogen (secondary N) is 1. The van der Waals surface area contributed by atoms with Crippen LogP contribution in [0.15, 0.2) is 41.3 Å². The first-order chi connectivity index (χ1) is 12.8. The van der Waals surface area contributed by atoms with Crippen LogP contribution < -0.4 is 10.2 Å². The van der Waals surface area contributed by atoms with Gasteiger partial charge >= 0.3 is 0 Å². The topological polar surface area (TPSA) is 49.4 Å². The second-order valence-corrected chi connectivity index (χ2v) is 8.70. The summed E-state index contributed by atoms with van der Waals surface area (Å²) in [6, 6.07) is 12.1. The second-order valence-electron chi connectivity index (χ2n) is 7.22. The monoisotopic (exact) mass is 382 g/mol. The van der Waals surface area contributed by atoms with E-state index < -0.39 is 0 Å². The maximum absolute atomic E-state index is 12.8. The number of hydrogen-bond acceptors (Lipinski definition) is 3. The number of hydrogen-bond donors (Lipinski definition) is 1. The predicted octanol–water partition coefficient (Wildman–Crippen LogP) is 4.86. The highest BCUT2D eigenvalue weighted by Gasteiger charge is 2.26. The maximum atomic E-state index is 12.8. The summed E-state index contributed by atoms with van der Waals surface area (Å²) >= 11 is 1.79. The summed E-state index contributed by atoms with van der Waals surface area (Å²) in [5.74, 6) is -0.117. The summed E-state index contributed by atoms with van der Waals surface area (Å²) < 4.78 is 0. The average Bonchev–Trinajstić information content (AvgIpc) is 2.62. The van der Waals surface area contributed by atoms with Gasteiger partial charge in [0.05, 0.1) is 5.69 Å². The van der Waals surface area contributed by atoms with Crippen molar-refractivity contribution in [2.45, 2.75) is 50.7 Å². The van der Waals surface area contributed by atoms with Gasteiger partial charge in [0.2, 0.25) is 11.8 Å². The molecule has 142 valence electrons. The maximum Gasteiger partial charge on any atom is 0.227 e. The Morgan fingerprint density at radius 2 is 1.78 bits per heavy atom. The number of thioether (sulfide) groups is 1. The highest BCUT2D eigenvalue weighted by atomic mass is 32.2. The van der Waals surface area contributed by atoms with Crippen molar-refractivity contribution in [3.8, 4) is 0 Å². The highest BCUT2D eigenvalue weighted by Crippen LogP contribution is 2.38. The largest absolute Gasteiger partial charge is 0.326 e. The Balaban J connectivity index is 1.64. The standard InChI is InChI=1S/C22H26N2O2S/c1-14-11-15(2)22(16(3)12-14)23-20(25)9-10-21(26)24-13-17(4)27-19-8-6-5-7-18(19)24/h5-8,11-12,17H,9-10,13H2,1-4H3,(H,23,25). The molecule has 1 heterocycles. The Hall–Kier alpha value is -2.27. The molecule has 0 spiro atoms. The van der Waals surface area contributed by atoms with Gasteiger partial charge in [-0.05, 0) is 44.0 Å². The molecule has 1 aliphatic rings. The lowest BCUT2D eigenvalue weighted by atomic mass is 10.0. The first kappa shape index (κ1) is 19.5. The number of carbonyl (C=O) groups excluding carboxylic acids is 2. The van der Waals surface area contributed by atoms with Crippen molar-refractivity contribution in [2.24, 2.45) is 0 Å². The molecule has 0 bridgehead atoms. The van der Waals surface area contributed by atoms with Crippen LogP contribution in [0, 0.1) is 20.8 Å². The zero-order chi connectivity index (χ0) is 19.6. The van der Waals surface area contributed by atoms with E-state index in [4.69, 9.17) is 0 Å². The zero-order valence-corrected chi connectivity index (χ0v) is 17.2. The summed E-state index contributed by atoms with van der Waals surface area (Å²) in [5.41, 5.74) is 5.07. The van der Waals surface area contributed by atoms with Crippen LogP contribution in [0.2, 0.25) is 0 Å². The smallest absolute Gasteiger partial charge is 0.227 e. The van der Waals surface area contributed by atoms with Gasteiger partial charge in [0.1, 0.15) is 0 Å². The molecular weight excluding hydrogens is 356 g/mol. The Morgan fingerprint density at radius 1 is 1.11 bits per heavy atom. The Kier molecular flexibility index (Phi) is 5.90. The first-order valence-electron chi connectivity index (χ1n) is 9.29. The highest BCUT2D eigenvalue weighted by molar-refractivity contribution is 8.00. The number of amides is 2. The van der Waals surface area contributed by atoms with Crippen molar-refractivity contribution in [3.05, 3.63) is 53.1 Å². The van der Waals surface area contributed by atoms with Gasteiger partial charge < -0.3 is 10.2 Å². The van der Waals surface area contributed by atoms with Crippen LogP contribution in [-0.4, -0.2) is 23.6 Å². The molecule has 1 atom stereocenters. The van der Waals surface area contributed by atoms with Crippen LogP contribution >= 0.6 is 11.8 Å². The Morgan fingerprint density at radius 3 is 2.48 bits per heavy atom. The molecule has 1 N–H and O–H groups in total. The molecule has 27 heavy (non-hydrogen) atoms. The minimum absolute atomic E-state index is 0.00194. The molecule has 0 fully saturated rings. The fourth-order valence-electron chi connectivity index (χ4n) is 3.56. The lowest BCUT2D eigenvalue weighted by Gasteiger charge is -2.32. The zero-order valence-electron chi connectivity index (χ0n) is 16.3. The van der Waals surface area contributed by atoms with Gasteiger partial charge in [0.25, 0.3) is 0 Å². The molecule has 3 rings (SSSR count). The van der Waals surface area contributed by atoms with Crippen LogP contribution in [0.4, 0.5) is 11.4 Å². The third-order valence-electron chi connectivity index (χ3n) is 4.73. The molecule has 0 aliphatic carbocycles. The third-order valence-corrected chi connectivity index (χ3v) is 5.88. The minimum Gasteiger partial charge on any atom is -0.326 e. The van der Waals surface area contributed by atoms with Crippen molar-refractivity contribution in [1.29, 1.82) is 0 Å². The van der Waals surface area contributed by atoms with E-state index in [0.717, 1.165) is 27.4 Å². The third kappa shape index (κ3) is 4.53. The molecule has 1 unspecified atom stereocenters. The number of para-hydroxylation sites is 1. The van der Waals surface area contributed by atoms with Crippen molar-refractivity contribution in [1.82, 2.24) is 0 Å². The number of anilines is 2. The van der Waals surface area contributed by atoms with Crippen molar-refractivity contribution in [3.63, 3.8) is 0 Å². The van der Waals surface area contributed by atoms with Gasteiger partial charge in [0.15, 0.2) is 0 Å². The summed E-state index contributed by atoms with van der Waals surface area (Å²) in [6.45, 7) is 8.82. The van der Waals surface area contributed by atoms with Crippen molar-refractivity contribution < 1.29 is 9.59 Å². The van der Waals surface area contributed by atoms with E-state index in [2.05, 4.69) is 24.4 Å². The number of carbonyl (C=O) groups is 2. The fraction of sp³-hybridized carbons (Fsp3) is 0.364. The molecule has 2 aromatic rings. The van der Waals surface area contributed by atoms with Crippen LogP contribution in [0.3, 0.4) is 0 Å². The summed E-state index contributed by atoms with van der Waals surface area (Å²) in [6.07, 6.45) is 0.396. The minimum atomic E-state index is -0.119. The Bertz CT molecular complexity index is 855. The van der Waals surface area contributed by atoms with E-state index in [0.29, 0.717) is 11.8 Å².